The molecule has 3 aromatic heterocycles. The summed E-state index contributed by atoms with van der Waals surface area (Å²) in [6, 6.07) is 9.99. The normalized spacial score (nSPS) is 10.9. The van der Waals surface area contributed by atoms with Gasteiger partial charge in [0.15, 0.2) is 11.0 Å². The zero-order valence-electron chi connectivity index (χ0n) is 26.2. The fourth-order valence-electron chi connectivity index (χ4n) is 4.01. The number of carbonyl (C=O) groups is 2. The van der Waals surface area contributed by atoms with Crippen LogP contribution in [0.1, 0.15) is 48.1 Å². The number of hydrogen-bond donors (Lipinski definition) is 3. The van der Waals surface area contributed by atoms with Gasteiger partial charge in [-0.15, -0.1) is 10.2 Å². The third-order valence-corrected chi connectivity index (χ3v) is 6.88. The maximum Gasteiger partial charge on any atom is 0.426 e. The highest BCUT2D eigenvalue weighted by Crippen LogP contribution is 2.29. The van der Waals surface area contributed by atoms with Crippen molar-refractivity contribution in [2.24, 2.45) is 0 Å². The van der Waals surface area contributed by atoms with Gasteiger partial charge in [0.25, 0.3) is 11.6 Å². The van der Waals surface area contributed by atoms with Gasteiger partial charge >= 0.3 is 6.09 Å². The molecule has 15 nitrogen and oxygen atoms in total. The third-order valence-electron chi connectivity index (χ3n) is 6.22. The number of imidazole rings is 1. The standard InChI is InChI=1S/C17H16N6OS.C13H17N3O5/c1-10-4-5-12(16-22-21-11(2)24-16)8-13(10)20-15-14-9-19-17(25-3)23(14)7-6-18-15;1-8-5-6-9(7-10(8)16(19)20)11(17)14-15-12(18)21-13(2,3)4/h4-9H,1-3H3,(H,18,20);5-7H,1-4H3,(H,14,17)(H,15,18). The maximum atomic E-state index is 11.8. The number of amides is 2. The Bertz CT molecular complexity index is 1900. The van der Waals surface area contributed by atoms with Crippen LogP contribution in [0.5, 0.6) is 0 Å². The van der Waals surface area contributed by atoms with E-state index in [0.29, 0.717) is 17.3 Å². The van der Waals surface area contributed by atoms with E-state index in [1.54, 1.807) is 52.6 Å². The highest BCUT2D eigenvalue weighted by molar-refractivity contribution is 7.98. The minimum Gasteiger partial charge on any atom is -0.443 e. The van der Waals surface area contributed by atoms with Crippen LogP contribution in [0.15, 0.2) is 64.6 Å². The first-order chi connectivity index (χ1) is 21.8. The summed E-state index contributed by atoms with van der Waals surface area (Å²) in [6.07, 6.45) is 6.67. The number of nitrogens with zero attached hydrogens (tertiary/aromatic N) is 6. The lowest BCUT2D eigenvalue weighted by Crippen LogP contribution is -2.44. The summed E-state index contributed by atoms with van der Waals surface area (Å²) in [7, 11) is 0. The second-order valence-corrected chi connectivity index (χ2v) is 11.7. The van der Waals surface area contributed by atoms with Crippen molar-refractivity contribution in [1.82, 2.24) is 35.4 Å². The summed E-state index contributed by atoms with van der Waals surface area (Å²) in [5.74, 6) is 1.11. The van der Waals surface area contributed by atoms with Crippen molar-refractivity contribution in [2.75, 3.05) is 11.6 Å². The lowest BCUT2D eigenvalue weighted by molar-refractivity contribution is -0.385. The Morgan fingerprint density at radius 3 is 2.41 bits per heavy atom. The van der Waals surface area contributed by atoms with E-state index in [0.717, 1.165) is 39.4 Å². The van der Waals surface area contributed by atoms with Crippen LogP contribution >= 0.6 is 11.8 Å². The van der Waals surface area contributed by atoms with Gasteiger partial charge in [-0.3, -0.25) is 24.7 Å². The van der Waals surface area contributed by atoms with Crippen LogP contribution in [-0.4, -0.2) is 53.3 Å². The number of nitro groups is 1. The summed E-state index contributed by atoms with van der Waals surface area (Å²) < 4.78 is 12.5. The lowest BCUT2D eigenvalue weighted by atomic mass is 10.1. The summed E-state index contributed by atoms with van der Waals surface area (Å²) in [6.45, 7) is 10.4. The number of anilines is 2. The maximum absolute atomic E-state index is 11.8. The van der Waals surface area contributed by atoms with Crippen molar-refractivity contribution in [3.8, 4) is 11.5 Å². The number of aromatic nitrogens is 5. The number of nitrogens with one attached hydrogen (secondary N) is 3. The lowest BCUT2D eigenvalue weighted by Gasteiger charge is -2.19. The van der Waals surface area contributed by atoms with Gasteiger partial charge in [-0.1, -0.05) is 23.9 Å². The average molecular weight is 648 g/mol. The Morgan fingerprint density at radius 2 is 1.76 bits per heavy atom. The number of carbonyl (C=O) groups excluding carboxylic acids is 2. The molecule has 240 valence electrons. The molecule has 0 atom stereocenters. The van der Waals surface area contributed by atoms with Crippen LogP contribution in [0.25, 0.3) is 17.0 Å². The molecule has 0 aliphatic rings. The predicted octanol–water partition coefficient (Wildman–Crippen LogP) is 5.93. The molecule has 0 aliphatic heterocycles. The van der Waals surface area contributed by atoms with Gasteiger partial charge < -0.3 is 14.5 Å². The molecule has 0 radical (unpaired) electrons. The Hall–Kier alpha value is -5.51. The molecular weight excluding hydrogens is 614 g/mol. The zero-order valence-corrected chi connectivity index (χ0v) is 27.1. The fourth-order valence-corrected chi connectivity index (χ4v) is 4.53. The minimum absolute atomic E-state index is 0.0587. The monoisotopic (exact) mass is 647 g/mol. The molecule has 0 saturated carbocycles. The van der Waals surface area contributed by atoms with Crippen molar-refractivity contribution in [3.05, 3.63) is 87.7 Å². The number of rotatable bonds is 6. The summed E-state index contributed by atoms with van der Waals surface area (Å²) in [4.78, 5) is 42.3. The molecule has 5 rings (SSSR count). The van der Waals surface area contributed by atoms with Crippen LogP contribution in [-0.2, 0) is 4.74 Å². The Balaban J connectivity index is 0.000000213. The molecule has 16 heteroatoms. The number of nitro benzene ring substituents is 1. The topological polar surface area (TPSA) is 192 Å². The number of thioether (sulfide) groups is 1. The number of ether oxygens (including phenoxy) is 1. The van der Waals surface area contributed by atoms with Crippen molar-refractivity contribution in [3.63, 3.8) is 0 Å². The quantitative estimate of drug-likeness (QED) is 0.112. The predicted molar refractivity (Wildman–Crippen MR) is 172 cm³/mol. The molecule has 5 aromatic rings. The Morgan fingerprint density at radius 1 is 1.02 bits per heavy atom. The van der Waals surface area contributed by atoms with E-state index in [1.165, 1.54) is 12.1 Å². The molecule has 3 heterocycles. The van der Waals surface area contributed by atoms with Crippen molar-refractivity contribution < 1.29 is 23.7 Å². The van der Waals surface area contributed by atoms with Gasteiger partial charge in [-0.05, 0) is 64.6 Å². The fraction of sp³-hybridized carbons (Fsp3) is 0.267. The van der Waals surface area contributed by atoms with Crippen LogP contribution in [0, 0.1) is 30.9 Å². The smallest absolute Gasteiger partial charge is 0.426 e. The second kappa shape index (κ2) is 14.1. The van der Waals surface area contributed by atoms with Gasteiger partial charge in [0.1, 0.15) is 11.1 Å². The number of hydrazine groups is 1. The number of fused-ring (bicyclic) bond motifs is 1. The van der Waals surface area contributed by atoms with Crippen molar-refractivity contribution >= 4 is 46.5 Å². The number of benzene rings is 2. The first kappa shape index (κ1) is 33.4. The highest BCUT2D eigenvalue weighted by atomic mass is 32.2. The van der Waals surface area contributed by atoms with Gasteiger partial charge in [0, 0.05) is 47.8 Å². The second-order valence-electron chi connectivity index (χ2n) is 10.9. The largest absolute Gasteiger partial charge is 0.443 e. The molecule has 46 heavy (non-hydrogen) atoms. The van der Waals surface area contributed by atoms with E-state index in [9.17, 15) is 19.7 Å². The molecule has 2 amide bonds. The van der Waals surface area contributed by atoms with E-state index in [4.69, 9.17) is 9.15 Å². The highest BCUT2D eigenvalue weighted by Gasteiger charge is 2.19. The SMILES string of the molecule is CSc1ncc2c(Nc3cc(-c4nnc(C)o4)ccc3C)nccn12.Cc1ccc(C(=O)NNC(=O)OC(C)(C)C)cc1[N+](=O)[O-]. The first-order valence-electron chi connectivity index (χ1n) is 13.8. The molecule has 0 spiro atoms. The zero-order chi connectivity index (χ0) is 33.6. The van der Waals surface area contributed by atoms with Crippen LogP contribution in [0.3, 0.4) is 0 Å². The minimum atomic E-state index is -0.822. The van der Waals surface area contributed by atoms with E-state index in [-0.39, 0.29) is 11.3 Å². The molecule has 0 fully saturated rings. The Kier molecular flexibility index (Phi) is 10.2. The van der Waals surface area contributed by atoms with E-state index >= 15 is 0 Å². The molecule has 0 aliphatic carbocycles. The van der Waals surface area contributed by atoms with Crippen molar-refractivity contribution in [1.29, 1.82) is 0 Å². The molecule has 2 aromatic carbocycles. The van der Waals surface area contributed by atoms with Gasteiger partial charge in [0.2, 0.25) is 11.8 Å². The average Bonchev–Trinajstić information content (AvgIpc) is 3.63. The molecule has 0 saturated heterocycles. The first-order valence-corrected chi connectivity index (χ1v) is 15.1. The summed E-state index contributed by atoms with van der Waals surface area (Å²) in [5.41, 5.74) is 7.63. The van der Waals surface area contributed by atoms with E-state index in [2.05, 4.69) is 36.3 Å². The molecule has 0 bridgehead atoms. The van der Waals surface area contributed by atoms with E-state index in [1.807, 2.05) is 48.2 Å². The molecule has 0 unspecified atom stereocenters. The summed E-state index contributed by atoms with van der Waals surface area (Å²) >= 11 is 1.59. The van der Waals surface area contributed by atoms with Crippen LogP contribution < -0.4 is 16.2 Å². The van der Waals surface area contributed by atoms with Crippen LogP contribution in [0.4, 0.5) is 22.0 Å². The van der Waals surface area contributed by atoms with Crippen LogP contribution in [0.2, 0.25) is 0 Å². The number of hydrogen-bond acceptors (Lipinski definition) is 12. The molecule has 3 N–H and O–H groups in total. The molecular formula is C30H33N9O6S. The van der Waals surface area contributed by atoms with Gasteiger partial charge in [-0.25, -0.2) is 20.2 Å². The van der Waals surface area contributed by atoms with Gasteiger partial charge in [0.05, 0.1) is 11.1 Å². The van der Waals surface area contributed by atoms with E-state index < -0.39 is 22.5 Å². The number of aryl methyl sites for hydroxylation is 3. The summed E-state index contributed by atoms with van der Waals surface area (Å²) in [5, 5.41) is 23.1. The Labute approximate surface area is 268 Å². The van der Waals surface area contributed by atoms with Gasteiger partial charge in [-0.2, -0.15) is 0 Å². The third kappa shape index (κ3) is 8.35. The van der Waals surface area contributed by atoms with Crippen molar-refractivity contribution in [2.45, 2.75) is 52.3 Å².